The van der Waals surface area contributed by atoms with Gasteiger partial charge in [0.05, 0.1) is 24.8 Å². The summed E-state index contributed by atoms with van der Waals surface area (Å²) in [6, 6.07) is 13.3. The molecule has 2 aromatic carbocycles. The maximum Gasteiger partial charge on any atom is 0.341 e. The minimum Gasteiger partial charge on any atom is -0.496 e. The third-order valence-electron chi connectivity index (χ3n) is 3.75. The fourth-order valence-electron chi connectivity index (χ4n) is 2.56. The van der Waals surface area contributed by atoms with Crippen molar-refractivity contribution >= 4 is 17.8 Å². The van der Waals surface area contributed by atoms with E-state index >= 15 is 0 Å². The molecule has 0 atom stereocenters. The molecule has 2 aromatic rings. The summed E-state index contributed by atoms with van der Waals surface area (Å²) in [6.07, 6.45) is 0. The Kier molecular flexibility index (Phi) is 4.29. The van der Waals surface area contributed by atoms with E-state index in [2.05, 4.69) is 0 Å². The monoisotopic (exact) mass is 325 g/mol. The molecule has 0 saturated carbocycles. The quantitative estimate of drug-likeness (QED) is 0.622. The van der Waals surface area contributed by atoms with Crippen LogP contribution in [0.4, 0.5) is 0 Å². The maximum absolute atomic E-state index is 12.2. The van der Waals surface area contributed by atoms with Gasteiger partial charge in [-0.1, -0.05) is 24.3 Å². The van der Waals surface area contributed by atoms with Gasteiger partial charge in [-0.3, -0.25) is 14.5 Å². The van der Waals surface area contributed by atoms with Crippen molar-refractivity contribution in [3.8, 4) is 5.75 Å². The van der Waals surface area contributed by atoms with Gasteiger partial charge in [0, 0.05) is 0 Å². The smallest absolute Gasteiger partial charge is 0.341 e. The van der Waals surface area contributed by atoms with Crippen molar-refractivity contribution in [1.82, 2.24) is 4.90 Å². The van der Waals surface area contributed by atoms with Crippen LogP contribution in [0.1, 0.15) is 31.1 Å². The summed E-state index contributed by atoms with van der Waals surface area (Å²) in [7, 11) is 1.46. The van der Waals surface area contributed by atoms with Gasteiger partial charge in [0.25, 0.3) is 11.8 Å². The summed E-state index contributed by atoms with van der Waals surface area (Å²) in [5, 5.41) is 0. The molecule has 0 fully saturated rings. The van der Waals surface area contributed by atoms with Gasteiger partial charge in [0.1, 0.15) is 17.9 Å². The highest BCUT2D eigenvalue weighted by Crippen LogP contribution is 2.22. The van der Waals surface area contributed by atoms with Crippen LogP contribution in [0.25, 0.3) is 0 Å². The highest BCUT2D eigenvalue weighted by atomic mass is 16.5. The summed E-state index contributed by atoms with van der Waals surface area (Å²) >= 11 is 0. The fraction of sp³-hybridized carbons (Fsp3) is 0.167. The van der Waals surface area contributed by atoms with Crippen LogP contribution in [0.15, 0.2) is 48.5 Å². The minimum atomic E-state index is -0.566. The molecule has 2 amide bonds. The van der Waals surface area contributed by atoms with E-state index in [0.29, 0.717) is 22.4 Å². The number of methoxy groups -OCH3 is 1. The number of para-hydroxylation sites is 1. The summed E-state index contributed by atoms with van der Waals surface area (Å²) in [4.78, 5) is 37.6. The van der Waals surface area contributed by atoms with Gasteiger partial charge in [0.15, 0.2) is 0 Å². The predicted molar refractivity (Wildman–Crippen MR) is 85.1 cm³/mol. The Labute approximate surface area is 138 Å². The van der Waals surface area contributed by atoms with E-state index in [4.69, 9.17) is 9.47 Å². The number of carbonyl (C=O) groups is 3. The van der Waals surface area contributed by atoms with Crippen LogP contribution < -0.4 is 4.74 Å². The van der Waals surface area contributed by atoms with Gasteiger partial charge in [-0.2, -0.15) is 0 Å². The second kappa shape index (κ2) is 6.54. The Morgan fingerprint density at radius 1 is 0.958 bits per heavy atom. The van der Waals surface area contributed by atoms with Gasteiger partial charge in [-0.15, -0.1) is 0 Å². The molecule has 1 aliphatic rings. The summed E-state index contributed by atoms with van der Waals surface area (Å²) < 4.78 is 10.3. The predicted octanol–water partition coefficient (Wildman–Crippen LogP) is 2.15. The molecule has 0 N–H and O–H groups in total. The average Bonchev–Trinajstić information content (AvgIpc) is 2.86. The summed E-state index contributed by atoms with van der Waals surface area (Å²) in [5.74, 6) is -0.903. The third-order valence-corrected chi connectivity index (χ3v) is 3.75. The first-order chi connectivity index (χ1) is 11.6. The zero-order valence-corrected chi connectivity index (χ0v) is 13.0. The van der Waals surface area contributed by atoms with E-state index in [0.717, 1.165) is 4.90 Å². The van der Waals surface area contributed by atoms with Crippen molar-refractivity contribution in [2.75, 3.05) is 20.3 Å². The number of nitrogens with zero attached hydrogens (tertiary/aromatic N) is 1. The van der Waals surface area contributed by atoms with Crippen LogP contribution in [-0.4, -0.2) is 42.9 Å². The van der Waals surface area contributed by atoms with Crippen LogP contribution in [0.3, 0.4) is 0 Å². The van der Waals surface area contributed by atoms with Gasteiger partial charge < -0.3 is 9.47 Å². The minimum absolute atomic E-state index is 0.00718. The van der Waals surface area contributed by atoms with Crippen molar-refractivity contribution < 1.29 is 23.9 Å². The van der Waals surface area contributed by atoms with E-state index in [1.807, 2.05) is 0 Å². The highest BCUT2D eigenvalue weighted by molar-refractivity contribution is 6.21. The lowest BCUT2D eigenvalue weighted by Crippen LogP contribution is -2.33. The van der Waals surface area contributed by atoms with Crippen molar-refractivity contribution in [2.45, 2.75) is 0 Å². The topological polar surface area (TPSA) is 72.9 Å². The lowest BCUT2D eigenvalue weighted by atomic mass is 10.1. The van der Waals surface area contributed by atoms with E-state index in [1.54, 1.807) is 48.5 Å². The Morgan fingerprint density at radius 3 is 2.17 bits per heavy atom. The Bertz CT molecular complexity index is 780. The summed E-state index contributed by atoms with van der Waals surface area (Å²) in [5.41, 5.74) is 1.04. The zero-order chi connectivity index (χ0) is 17.1. The number of hydrogen-bond donors (Lipinski definition) is 0. The molecule has 1 heterocycles. The number of carbonyl (C=O) groups excluding carboxylic acids is 3. The highest BCUT2D eigenvalue weighted by Gasteiger charge is 2.34. The van der Waals surface area contributed by atoms with Gasteiger partial charge >= 0.3 is 5.97 Å². The zero-order valence-electron chi connectivity index (χ0n) is 13.0. The lowest BCUT2D eigenvalue weighted by molar-refractivity contribution is 0.0417. The molecule has 24 heavy (non-hydrogen) atoms. The van der Waals surface area contributed by atoms with Crippen LogP contribution in [0.2, 0.25) is 0 Å². The summed E-state index contributed by atoms with van der Waals surface area (Å²) in [6.45, 7) is -0.0738. The van der Waals surface area contributed by atoms with Gasteiger partial charge in [-0.05, 0) is 24.3 Å². The largest absolute Gasteiger partial charge is 0.496 e. The van der Waals surface area contributed by atoms with Gasteiger partial charge in [0.2, 0.25) is 0 Å². The van der Waals surface area contributed by atoms with E-state index in [9.17, 15) is 14.4 Å². The fourth-order valence-corrected chi connectivity index (χ4v) is 2.56. The van der Waals surface area contributed by atoms with Crippen molar-refractivity contribution in [3.05, 3.63) is 65.2 Å². The lowest BCUT2D eigenvalue weighted by Gasteiger charge is -2.14. The third kappa shape index (κ3) is 2.74. The molecule has 0 unspecified atom stereocenters. The van der Waals surface area contributed by atoms with Crippen LogP contribution in [0, 0.1) is 0 Å². The first-order valence-electron chi connectivity index (χ1n) is 7.39. The molecule has 6 heteroatoms. The van der Waals surface area contributed by atoms with Crippen molar-refractivity contribution in [3.63, 3.8) is 0 Å². The first kappa shape index (κ1) is 15.7. The molecule has 1 aliphatic heterocycles. The van der Waals surface area contributed by atoms with Gasteiger partial charge in [-0.25, -0.2) is 4.79 Å². The Hall–Kier alpha value is -3.15. The maximum atomic E-state index is 12.2. The molecule has 0 aromatic heterocycles. The molecule has 6 nitrogen and oxygen atoms in total. The molecule has 3 rings (SSSR count). The number of imide groups is 1. The van der Waals surface area contributed by atoms with E-state index in [1.165, 1.54) is 7.11 Å². The second-order valence-corrected chi connectivity index (χ2v) is 5.14. The van der Waals surface area contributed by atoms with Crippen molar-refractivity contribution in [2.24, 2.45) is 0 Å². The van der Waals surface area contributed by atoms with Crippen LogP contribution >= 0.6 is 0 Å². The number of hydrogen-bond acceptors (Lipinski definition) is 5. The first-order valence-corrected chi connectivity index (χ1v) is 7.39. The standard InChI is InChI=1S/C18H15NO5/c1-23-15-9-5-4-8-14(15)18(22)24-11-10-19-16(20)12-6-2-3-7-13(12)17(19)21/h2-9H,10-11H2,1H3. The number of amides is 2. The van der Waals surface area contributed by atoms with E-state index < -0.39 is 5.97 Å². The number of ether oxygens (including phenoxy) is 2. The number of fused-ring (bicyclic) bond motifs is 1. The molecular formula is C18H15NO5. The Balaban J connectivity index is 1.62. The average molecular weight is 325 g/mol. The normalized spacial score (nSPS) is 13.0. The van der Waals surface area contributed by atoms with Crippen LogP contribution in [0.5, 0.6) is 5.75 Å². The second-order valence-electron chi connectivity index (χ2n) is 5.14. The van der Waals surface area contributed by atoms with Crippen LogP contribution in [-0.2, 0) is 4.74 Å². The number of rotatable bonds is 5. The SMILES string of the molecule is COc1ccccc1C(=O)OCCN1C(=O)c2ccccc2C1=O. The Morgan fingerprint density at radius 2 is 1.54 bits per heavy atom. The molecule has 0 spiro atoms. The molecule has 0 saturated heterocycles. The van der Waals surface area contributed by atoms with E-state index in [-0.39, 0.29) is 25.0 Å². The molecule has 0 radical (unpaired) electrons. The molecule has 0 bridgehead atoms. The molecular weight excluding hydrogens is 310 g/mol. The number of esters is 1. The molecule has 0 aliphatic carbocycles. The number of benzene rings is 2. The molecule has 122 valence electrons. The van der Waals surface area contributed by atoms with Crippen molar-refractivity contribution in [1.29, 1.82) is 0 Å².